The molecule has 0 aromatic heterocycles. The molecule has 4 heteroatoms. The number of benzene rings is 1. The summed E-state index contributed by atoms with van der Waals surface area (Å²) < 4.78 is 13.0. The van der Waals surface area contributed by atoms with Gasteiger partial charge in [-0.3, -0.25) is 4.90 Å². The van der Waals surface area contributed by atoms with Gasteiger partial charge in [-0.2, -0.15) is 0 Å². The van der Waals surface area contributed by atoms with Gasteiger partial charge in [0.15, 0.2) is 0 Å². The predicted octanol–water partition coefficient (Wildman–Crippen LogP) is 1.85. The Kier molecular flexibility index (Phi) is 4.91. The summed E-state index contributed by atoms with van der Waals surface area (Å²) in [7, 11) is 0. The Morgan fingerprint density at radius 2 is 1.74 bits per heavy atom. The average molecular weight is 265 g/mol. The van der Waals surface area contributed by atoms with Gasteiger partial charge in [0.05, 0.1) is 0 Å². The van der Waals surface area contributed by atoms with E-state index in [0.29, 0.717) is 0 Å². The molecule has 1 aliphatic rings. The van der Waals surface area contributed by atoms with Crippen LogP contribution >= 0.6 is 0 Å². The van der Waals surface area contributed by atoms with Gasteiger partial charge in [0.25, 0.3) is 0 Å². The summed E-state index contributed by atoms with van der Waals surface area (Å²) in [5, 5.41) is 0. The third-order valence-corrected chi connectivity index (χ3v) is 3.96. The summed E-state index contributed by atoms with van der Waals surface area (Å²) in [6.45, 7) is 9.54. The standard InChI is InChI=1S/C15H24FN3/c1-3-18-8-10-19(11-9-18)15(12(2)17)13-4-6-14(16)7-5-13/h4-7,12,15H,3,8-11,17H2,1-2H3. The number of hydrogen-bond donors (Lipinski definition) is 1. The van der Waals surface area contributed by atoms with Crippen LogP contribution < -0.4 is 5.73 Å². The Hall–Kier alpha value is -0.970. The van der Waals surface area contributed by atoms with Crippen LogP contribution in [0.5, 0.6) is 0 Å². The van der Waals surface area contributed by atoms with Crippen LogP contribution in [0.25, 0.3) is 0 Å². The van der Waals surface area contributed by atoms with Crippen molar-refractivity contribution >= 4 is 0 Å². The molecule has 3 nitrogen and oxygen atoms in total. The molecule has 1 fully saturated rings. The highest BCUT2D eigenvalue weighted by atomic mass is 19.1. The minimum atomic E-state index is -0.192. The fourth-order valence-corrected chi connectivity index (χ4v) is 2.86. The van der Waals surface area contributed by atoms with Crippen LogP contribution in [0.3, 0.4) is 0 Å². The number of nitrogens with zero attached hydrogens (tertiary/aromatic N) is 2. The maximum absolute atomic E-state index is 13.0. The SMILES string of the molecule is CCN1CCN(C(c2ccc(F)cc2)C(C)N)CC1. The number of nitrogens with two attached hydrogens (primary N) is 1. The van der Waals surface area contributed by atoms with E-state index in [4.69, 9.17) is 5.73 Å². The summed E-state index contributed by atoms with van der Waals surface area (Å²) >= 11 is 0. The second kappa shape index (κ2) is 6.46. The van der Waals surface area contributed by atoms with Crippen LogP contribution in [-0.4, -0.2) is 48.6 Å². The Labute approximate surface area is 115 Å². The summed E-state index contributed by atoms with van der Waals surface area (Å²) in [6.07, 6.45) is 0. The zero-order valence-electron chi connectivity index (χ0n) is 11.8. The van der Waals surface area contributed by atoms with E-state index in [1.807, 2.05) is 19.1 Å². The minimum absolute atomic E-state index is 0.0404. The average Bonchev–Trinajstić information content (AvgIpc) is 2.42. The molecular weight excluding hydrogens is 241 g/mol. The van der Waals surface area contributed by atoms with Gasteiger partial charge in [0.2, 0.25) is 0 Å². The van der Waals surface area contributed by atoms with Crippen molar-refractivity contribution in [2.75, 3.05) is 32.7 Å². The lowest BCUT2D eigenvalue weighted by Gasteiger charge is -2.40. The van der Waals surface area contributed by atoms with E-state index in [1.165, 1.54) is 12.1 Å². The van der Waals surface area contributed by atoms with E-state index in [2.05, 4.69) is 16.7 Å². The van der Waals surface area contributed by atoms with E-state index < -0.39 is 0 Å². The fourth-order valence-electron chi connectivity index (χ4n) is 2.86. The maximum atomic E-state index is 13.0. The smallest absolute Gasteiger partial charge is 0.123 e. The highest BCUT2D eigenvalue weighted by Crippen LogP contribution is 2.25. The highest BCUT2D eigenvalue weighted by Gasteiger charge is 2.27. The minimum Gasteiger partial charge on any atom is -0.326 e. The summed E-state index contributed by atoms with van der Waals surface area (Å²) in [6, 6.07) is 6.98. The van der Waals surface area contributed by atoms with Crippen molar-refractivity contribution in [1.29, 1.82) is 0 Å². The topological polar surface area (TPSA) is 32.5 Å². The molecule has 2 rings (SSSR count). The van der Waals surface area contributed by atoms with E-state index in [0.717, 1.165) is 38.3 Å². The van der Waals surface area contributed by atoms with Gasteiger partial charge in [0, 0.05) is 38.3 Å². The molecule has 0 radical (unpaired) electrons. The molecule has 106 valence electrons. The second-order valence-electron chi connectivity index (χ2n) is 5.33. The van der Waals surface area contributed by atoms with Crippen molar-refractivity contribution in [1.82, 2.24) is 9.80 Å². The first-order valence-corrected chi connectivity index (χ1v) is 7.09. The highest BCUT2D eigenvalue weighted by molar-refractivity contribution is 5.21. The van der Waals surface area contributed by atoms with E-state index >= 15 is 0 Å². The molecule has 1 aromatic rings. The lowest BCUT2D eigenvalue weighted by atomic mass is 9.98. The van der Waals surface area contributed by atoms with Crippen molar-refractivity contribution in [3.63, 3.8) is 0 Å². The van der Waals surface area contributed by atoms with Gasteiger partial charge >= 0.3 is 0 Å². The fraction of sp³-hybridized carbons (Fsp3) is 0.600. The molecule has 1 aromatic carbocycles. The first-order valence-electron chi connectivity index (χ1n) is 7.09. The Bertz CT molecular complexity index is 383. The molecule has 2 atom stereocenters. The van der Waals surface area contributed by atoms with Crippen LogP contribution in [0.2, 0.25) is 0 Å². The molecule has 0 bridgehead atoms. The number of likely N-dealkylation sites (N-methyl/N-ethyl adjacent to an activating group) is 1. The molecule has 0 saturated carbocycles. The lowest BCUT2D eigenvalue weighted by molar-refractivity contribution is 0.0898. The Morgan fingerprint density at radius 3 is 2.21 bits per heavy atom. The van der Waals surface area contributed by atoms with Gasteiger partial charge in [0.1, 0.15) is 5.82 Å². The first-order chi connectivity index (χ1) is 9.11. The van der Waals surface area contributed by atoms with E-state index in [-0.39, 0.29) is 17.9 Å². The Morgan fingerprint density at radius 1 is 1.16 bits per heavy atom. The molecule has 2 unspecified atom stereocenters. The van der Waals surface area contributed by atoms with E-state index in [1.54, 1.807) is 0 Å². The normalized spacial score (nSPS) is 21.3. The molecule has 0 spiro atoms. The van der Waals surface area contributed by atoms with Crippen LogP contribution in [0.1, 0.15) is 25.5 Å². The second-order valence-corrected chi connectivity index (χ2v) is 5.33. The maximum Gasteiger partial charge on any atom is 0.123 e. The van der Waals surface area contributed by atoms with Crippen LogP contribution in [0, 0.1) is 5.82 Å². The molecule has 0 amide bonds. The van der Waals surface area contributed by atoms with Crippen LogP contribution in [0.15, 0.2) is 24.3 Å². The first kappa shape index (κ1) is 14.4. The van der Waals surface area contributed by atoms with Crippen molar-refractivity contribution in [2.24, 2.45) is 5.73 Å². The number of piperazine rings is 1. The third kappa shape index (κ3) is 3.53. The molecule has 2 N–H and O–H groups in total. The Balaban J connectivity index is 2.10. The molecule has 19 heavy (non-hydrogen) atoms. The molecule has 1 aliphatic heterocycles. The van der Waals surface area contributed by atoms with Gasteiger partial charge in [-0.05, 0) is 31.2 Å². The zero-order valence-corrected chi connectivity index (χ0v) is 11.8. The van der Waals surface area contributed by atoms with Gasteiger partial charge in [-0.25, -0.2) is 4.39 Å². The summed E-state index contributed by atoms with van der Waals surface area (Å²) in [5.41, 5.74) is 7.27. The van der Waals surface area contributed by atoms with Crippen LogP contribution in [-0.2, 0) is 0 Å². The monoisotopic (exact) mass is 265 g/mol. The van der Waals surface area contributed by atoms with Gasteiger partial charge < -0.3 is 10.6 Å². The summed E-state index contributed by atoms with van der Waals surface area (Å²) in [5.74, 6) is -0.192. The molecule has 1 saturated heterocycles. The van der Waals surface area contributed by atoms with Gasteiger partial charge in [-0.15, -0.1) is 0 Å². The van der Waals surface area contributed by atoms with Crippen LogP contribution in [0.4, 0.5) is 4.39 Å². The van der Waals surface area contributed by atoms with Crippen molar-refractivity contribution in [3.8, 4) is 0 Å². The number of hydrogen-bond acceptors (Lipinski definition) is 3. The summed E-state index contributed by atoms with van der Waals surface area (Å²) in [4.78, 5) is 4.86. The zero-order chi connectivity index (χ0) is 13.8. The van der Waals surface area contributed by atoms with Crippen molar-refractivity contribution in [3.05, 3.63) is 35.6 Å². The van der Waals surface area contributed by atoms with E-state index in [9.17, 15) is 4.39 Å². The third-order valence-electron chi connectivity index (χ3n) is 3.96. The number of halogens is 1. The van der Waals surface area contributed by atoms with Crippen molar-refractivity contribution in [2.45, 2.75) is 25.9 Å². The molecular formula is C15H24FN3. The molecule has 0 aliphatic carbocycles. The largest absolute Gasteiger partial charge is 0.326 e. The number of rotatable bonds is 4. The predicted molar refractivity (Wildman–Crippen MR) is 76.5 cm³/mol. The van der Waals surface area contributed by atoms with Gasteiger partial charge in [-0.1, -0.05) is 19.1 Å². The van der Waals surface area contributed by atoms with Crippen molar-refractivity contribution < 1.29 is 4.39 Å². The lowest BCUT2D eigenvalue weighted by Crippen LogP contribution is -2.50. The molecule has 1 heterocycles. The quantitative estimate of drug-likeness (QED) is 0.902.